The van der Waals surface area contributed by atoms with Gasteiger partial charge in [-0.25, -0.2) is 0 Å². The van der Waals surface area contributed by atoms with E-state index < -0.39 is 5.97 Å². The van der Waals surface area contributed by atoms with E-state index in [1.807, 2.05) is 4.90 Å². The summed E-state index contributed by atoms with van der Waals surface area (Å²) in [7, 11) is 0. The Labute approximate surface area is 177 Å². The number of rotatable bonds is 5. The Morgan fingerprint density at radius 2 is 2.00 bits per heavy atom. The number of fused-ring (bicyclic) bond motifs is 2. The molecule has 3 fully saturated rings. The first-order chi connectivity index (χ1) is 14.5. The van der Waals surface area contributed by atoms with Crippen LogP contribution in [0.3, 0.4) is 0 Å². The largest absolute Gasteiger partial charge is 0.481 e. The lowest BCUT2D eigenvalue weighted by Gasteiger charge is -2.46. The minimum Gasteiger partial charge on any atom is -0.481 e. The highest BCUT2D eigenvalue weighted by Crippen LogP contribution is 2.45. The second kappa shape index (κ2) is 7.75. The van der Waals surface area contributed by atoms with Crippen LogP contribution in [0.1, 0.15) is 81.3 Å². The number of hydrogen-bond donors (Lipinski definition) is 2. The van der Waals surface area contributed by atoms with E-state index in [1.165, 1.54) is 34.9 Å². The number of benzene rings is 1. The number of carboxylic acids is 1. The van der Waals surface area contributed by atoms with Crippen LogP contribution in [-0.2, 0) is 9.59 Å². The molecule has 2 aliphatic carbocycles. The average Bonchev–Trinajstić information content (AvgIpc) is 3.50. The van der Waals surface area contributed by atoms with Gasteiger partial charge in [-0.15, -0.1) is 0 Å². The predicted octanol–water partition coefficient (Wildman–Crippen LogP) is 5.03. The van der Waals surface area contributed by atoms with Gasteiger partial charge < -0.3 is 15.0 Å². The molecule has 1 aromatic carbocycles. The second-order valence-corrected chi connectivity index (χ2v) is 9.73. The van der Waals surface area contributed by atoms with Gasteiger partial charge in [0.15, 0.2) is 0 Å². The van der Waals surface area contributed by atoms with Gasteiger partial charge in [-0.1, -0.05) is 25.5 Å². The van der Waals surface area contributed by atoms with E-state index in [4.69, 9.17) is 0 Å². The van der Waals surface area contributed by atoms with Crippen molar-refractivity contribution in [2.45, 2.75) is 76.2 Å². The lowest BCUT2D eigenvalue weighted by Crippen LogP contribution is -2.53. The number of H-pyrrole nitrogens is 1. The molecular formula is C25H32N2O3. The van der Waals surface area contributed by atoms with Gasteiger partial charge in [0, 0.05) is 36.1 Å². The lowest BCUT2D eigenvalue weighted by molar-refractivity contribution is -0.152. The van der Waals surface area contributed by atoms with Crippen LogP contribution in [0.4, 0.5) is 0 Å². The molecule has 5 nitrogen and oxygen atoms in total. The molecule has 4 atom stereocenters. The van der Waals surface area contributed by atoms with Gasteiger partial charge in [-0.2, -0.15) is 0 Å². The maximum atomic E-state index is 13.4. The fraction of sp³-hybridized carbons (Fsp3) is 0.600. The molecule has 160 valence electrons. The first kappa shape index (κ1) is 19.7. The third kappa shape index (κ3) is 3.42. The Kier molecular flexibility index (Phi) is 5.08. The molecule has 0 radical (unpaired) electrons. The number of carboxylic acid groups (broad SMARTS) is 1. The number of piperidine rings is 1. The van der Waals surface area contributed by atoms with Crippen molar-refractivity contribution in [3.8, 4) is 0 Å². The van der Waals surface area contributed by atoms with E-state index in [-0.39, 0.29) is 29.7 Å². The van der Waals surface area contributed by atoms with Gasteiger partial charge in [0.1, 0.15) is 0 Å². The summed E-state index contributed by atoms with van der Waals surface area (Å²) >= 11 is 0. The summed E-state index contributed by atoms with van der Waals surface area (Å²) in [6.07, 6.45) is 9.59. The van der Waals surface area contributed by atoms with E-state index in [0.717, 1.165) is 38.6 Å². The molecule has 5 rings (SSSR count). The maximum absolute atomic E-state index is 13.4. The molecule has 3 unspecified atom stereocenters. The fourth-order valence-corrected chi connectivity index (χ4v) is 6.16. The molecule has 2 aromatic rings. The van der Waals surface area contributed by atoms with Crippen LogP contribution in [0.15, 0.2) is 24.4 Å². The topological polar surface area (TPSA) is 73.4 Å². The summed E-state index contributed by atoms with van der Waals surface area (Å²) in [5, 5.41) is 11.0. The summed E-state index contributed by atoms with van der Waals surface area (Å²) in [6, 6.07) is 6.61. The van der Waals surface area contributed by atoms with Gasteiger partial charge in [0.2, 0.25) is 5.91 Å². The minimum atomic E-state index is -0.682. The number of aromatic nitrogens is 1. The zero-order valence-corrected chi connectivity index (χ0v) is 17.8. The lowest BCUT2D eigenvalue weighted by atomic mass is 9.71. The second-order valence-electron chi connectivity index (χ2n) is 9.73. The molecule has 1 aliphatic heterocycles. The van der Waals surface area contributed by atoms with Gasteiger partial charge in [0.25, 0.3) is 0 Å². The number of carbonyl (C=O) groups is 2. The molecule has 5 heteroatoms. The number of likely N-dealkylation sites (tertiary alicyclic amines) is 1. The van der Waals surface area contributed by atoms with Gasteiger partial charge in [-0.05, 0) is 73.5 Å². The van der Waals surface area contributed by atoms with Crippen LogP contribution in [0.25, 0.3) is 10.9 Å². The molecule has 1 aromatic heterocycles. The highest BCUT2D eigenvalue weighted by atomic mass is 16.4. The average molecular weight is 409 g/mol. The van der Waals surface area contributed by atoms with Crippen LogP contribution in [-0.4, -0.2) is 39.5 Å². The standard InChI is InChI=1S/C25H32N2O3/c1-15(20-14-26-21-8-2-5-17(24(20)21)16-10-11-16)13-23(28)27-12-4-7-18-19(25(29)30)6-3-9-22(18)27/h2,5,8,14-16,18-19,22,26H,3-4,6-7,9-13H2,1H3,(H,29,30)/t15?,18-,19?,22?/m0/s1. The molecule has 1 saturated heterocycles. The number of carbonyl (C=O) groups excluding carboxylic acids is 1. The third-order valence-electron chi connectivity index (χ3n) is 7.80. The Morgan fingerprint density at radius 1 is 1.17 bits per heavy atom. The van der Waals surface area contributed by atoms with Gasteiger partial charge >= 0.3 is 5.97 Å². The third-order valence-corrected chi connectivity index (χ3v) is 7.80. The monoisotopic (exact) mass is 408 g/mol. The van der Waals surface area contributed by atoms with Gasteiger partial charge in [0.05, 0.1) is 5.92 Å². The first-order valence-corrected chi connectivity index (χ1v) is 11.7. The van der Waals surface area contributed by atoms with E-state index in [9.17, 15) is 14.7 Å². The Bertz CT molecular complexity index is 960. The van der Waals surface area contributed by atoms with E-state index in [2.05, 4.69) is 36.3 Å². The first-order valence-electron chi connectivity index (χ1n) is 11.7. The molecule has 2 heterocycles. The summed E-state index contributed by atoms with van der Waals surface area (Å²) in [5.41, 5.74) is 3.85. The molecule has 0 spiro atoms. The molecule has 30 heavy (non-hydrogen) atoms. The number of amides is 1. The van der Waals surface area contributed by atoms with Crippen LogP contribution >= 0.6 is 0 Å². The van der Waals surface area contributed by atoms with E-state index >= 15 is 0 Å². The van der Waals surface area contributed by atoms with Crippen molar-refractivity contribution < 1.29 is 14.7 Å². The quantitative estimate of drug-likeness (QED) is 0.729. The molecule has 2 N–H and O–H groups in total. The van der Waals surface area contributed by atoms with Gasteiger partial charge in [-0.3, -0.25) is 9.59 Å². The fourth-order valence-electron chi connectivity index (χ4n) is 6.16. The molecule has 0 bridgehead atoms. The van der Waals surface area contributed by atoms with Crippen molar-refractivity contribution in [3.63, 3.8) is 0 Å². The summed E-state index contributed by atoms with van der Waals surface area (Å²) < 4.78 is 0. The SMILES string of the molecule is CC(CC(=O)N1CCC[C@H]2C(C(=O)O)CCCC21)c1c[nH]c2cccc(C3CC3)c12. The minimum absolute atomic E-state index is 0.110. The number of aromatic amines is 1. The van der Waals surface area contributed by atoms with Crippen LogP contribution < -0.4 is 0 Å². The molecule has 1 amide bonds. The van der Waals surface area contributed by atoms with Crippen molar-refractivity contribution in [2.24, 2.45) is 11.8 Å². The van der Waals surface area contributed by atoms with E-state index in [1.54, 1.807) is 0 Å². The van der Waals surface area contributed by atoms with Crippen molar-refractivity contribution in [1.29, 1.82) is 0 Å². The van der Waals surface area contributed by atoms with Crippen molar-refractivity contribution in [3.05, 3.63) is 35.5 Å². The number of hydrogen-bond acceptors (Lipinski definition) is 2. The molecular weight excluding hydrogens is 376 g/mol. The van der Waals surface area contributed by atoms with Crippen molar-refractivity contribution >= 4 is 22.8 Å². The number of nitrogens with zero attached hydrogens (tertiary/aromatic N) is 1. The highest BCUT2D eigenvalue weighted by molar-refractivity contribution is 5.89. The summed E-state index contributed by atoms with van der Waals surface area (Å²) in [4.78, 5) is 30.6. The highest BCUT2D eigenvalue weighted by Gasteiger charge is 2.43. The van der Waals surface area contributed by atoms with E-state index in [0.29, 0.717) is 12.3 Å². The molecule has 3 aliphatic rings. The Morgan fingerprint density at radius 3 is 2.77 bits per heavy atom. The molecule has 2 saturated carbocycles. The zero-order valence-electron chi connectivity index (χ0n) is 17.8. The number of nitrogens with one attached hydrogen (secondary N) is 1. The number of aliphatic carboxylic acids is 1. The smallest absolute Gasteiger partial charge is 0.306 e. The van der Waals surface area contributed by atoms with Crippen molar-refractivity contribution in [2.75, 3.05) is 6.54 Å². The van der Waals surface area contributed by atoms with Crippen LogP contribution in [0, 0.1) is 11.8 Å². The van der Waals surface area contributed by atoms with Crippen LogP contribution in [0.5, 0.6) is 0 Å². The summed E-state index contributed by atoms with van der Waals surface area (Å²) in [5.74, 6) is 0.167. The zero-order chi connectivity index (χ0) is 20.8. The summed E-state index contributed by atoms with van der Waals surface area (Å²) in [6.45, 7) is 2.94. The normalized spacial score (nSPS) is 27.6. The maximum Gasteiger partial charge on any atom is 0.306 e. The van der Waals surface area contributed by atoms with Crippen LogP contribution in [0.2, 0.25) is 0 Å². The predicted molar refractivity (Wildman–Crippen MR) is 117 cm³/mol. The Hall–Kier alpha value is -2.30. The van der Waals surface area contributed by atoms with Crippen molar-refractivity contribution in [1.82, 2.24) is 9.88 Å². The Balaban J connectivity index is 1.35.